The van der Waals surface area contributed by atoms with Crippen LogP contribution in [0.4, 0.5) is 0 Å². The fourth-order valence-corrected chi connectivity index (χ4v) is 5.41. The van der Waals surface area contributed by atoms with Crippen molar-refractivity contribution in [3.63, 3.8) is 0 Å². The highest BCUT2D eigenvalue weighted by molar-refractivity contribution is 14.1. The lowest BCUT2D eigenvalue weighted by Crippen LogP contribution is -2.47. The molecule has 0 aliphatic rings. The molecule has 0 spiro atoms. The van der Waals surface area contributed by atoms with Crippen LogP contribution in [-0.2, 0) is 19.7 Å². The average molecular weight is 478 g/mol. The van der Waals surface area contributed by atoms with Gasteiger partial charge in [0, 0.05) is 29.4 Å². The van der Waals surface area contributed by atoms with Crippen LogP contribution < -0.4 is 0 Å². The van der Waals surface area contributed by atoms with Crippen LogP contribution in [0.25, 0.3) is 0 Å². The summed E-state index contributed by atoms with van der Waals surface area (Å²) in [6.07, 6.45) is 7.53. The van der Waals surface area contributed by atoms with Gasteiger partial charge in [-0.25, -0.2) is 0 Å². The summed E-state index contributed by atoms with van der Waals surface area (Å²) in [5.41, 5.74) is 1.33. The van der Waals surface area contributed by atoms with E-state index in [1.54, 1.807) is 0 Å². The Bertz CT molecular complexity index is 413. The molecule has 0 aromatic heterocycles. The second-order valence-electron chi connectivity index (χ2n) is 6.42. The number of aryl methyl sites for hydroxylation is 1. The topological polar surface area (TPSA) is 27.7 Å². The Labute approximate surface area is 169 Å². The molecule has 25 heavy (non-hydrogen) atoms. The van der Waals surface area contributed by atoms with Gasteiger partial charge in [-0.3, -0.25) is 0 Å². The normalized spacial score (nSPS) is 11.8. The fourth-order valence-electron chi connectivity index (χ4n) is 2.41. The van der Waals surface area contributed by atoms with Gasteiger partial charge in [-0.1, -0.05) is 52.2 Å². The van der Waals surface area contributed by atoms with Crippen LogP contribution in [0.3, 0.4) is 0 Å². The van der Waals surface area contributed by atoms with Crippen LogP contribution in [0.15, 0.2) is 24.3 Å². The van der Waals surface area contributed by atoms with Crippen molar-refractivity contribution in [2.24, 2.45) is 0 Å². The van der Waals surface area contributed by atoms with Crippen LogP contribution in [0, 0.1) is 3.57 Å². The summed E-state index contributed by atoms with van der Waals surface area (Å²) in [4.78, 5) is 0. The molecule has 0 atom stereocenters. The van der Waals surface area contributed by atoms with E-state index >= 15 is 0 Å². The van der Waals surface area contributed by atoms with E-state index < -0.39 is 8.80 Å². The number of hydrogen-bond acceptors (Lipinski definition) is 3. The minimum atomic E-state index is -2.61. The van der Waals surface area contributed by atoms with Gasteiger partial charge >= 0.3 is 8.80 Å². The SMILES string of the molecule is CCCCO[Si](CCc1ccc(I)cc1)(OCCCC)OCCCC. The molecule has 1 aromatic carbocycles. The smallest absolute Gasteiger partial charge is 0.373 e. The number of unbranched alkanes of at least 4 members (excludes halogenated alkanes) is 3. The molecule has 0 radical (unpaired) electrons. The summed E-state index contributed by atoms with van der Waals surface area (Å²) in [5.74, 6) is 0. The maximum absolute atomic E-state index is 6.30. The zero-order chi connectivity index (χ0) is 18.4. The van der Waals surface area contributed by atoms with Crippen LogP contribution in [0.2, 0.25) is 6.04 Å². The predicted octanol–water partition coefficient (Wildman–Crippen LogP) is 6.22. The first-order valence-corrected chi connectivity index (χ1v) is 12.8. The Kier molecular flexibility index (Phi) is 13.1. The van der Waals surface area contributed by atoms with Crippen molar-refractivity contribution in [1.82, 2.24) is 0 Å². The minimum Gasteiger partial charge on any atom is -0.373 e. The highest BCUT2D eigenvalue weighted by atomic mass is 127. The third kappa shape index (κ3) is 10.1. The van der Waals surface area contributed by atoms with Crippen molar-refractivity contribution in [2.45, 2.75) is 71.8 Å². The maximum atomic E-state index is 6.30. The lowest BCUT2D eigenvalue weighted by Gasteiger charge is -2.30. The van der Waals surface area contributed by atoms with E-state index in [1.807, 2.05) is 0 Å². The van der Waals surface area contributed by atoms with Gasteiger partial charge in [0.1, 0.15) is 0 Å². The zero-order valence-electron chi connectivity index (χ0n) is 16.2. The first kappa shape index (κ1) is 23.1. The monoisotopic (exact) mass is 478 g/mol. The average Bonchev–Trinajstić information content (AvgIpc) is 2.62. The van der Waals surface area contributed by atoms with Gasteiger partial charge in [0.05, 0.1) is 0 Å². The number of hydrogen-bond donors (Lipinski definition) is 0. The Hall–Kier alpha value is 0.0469. The molecule has 0 fully saturated rings. The number of rotatable bonds is 15. The van der Waals surface area contributed by atoms with Gasteiger partial charge in [-0.05, 0) is 66.0 Å². The first-order valence-electron chi connectivity index (χ1n) is 9.82. The Balaban J connectivity index is 2.75. The molecule has 5 heteroatoms. The molecule has 0 aliphatic carbocycles. The van der Waals surface area contributed by atoms with Gasteiger partial charge in [0.25, 0.3) is 0 Å². The summed E-state index contributed by atoms with van der Waals surface area (Å²) in [6, 6.07) is 9.58. The number of halogens is 1. The molecule has 0 saturated heterocycles. The van der Waals surface area contributed by atoms with Gasteiger partial charge in [-0.2, -0.15) is 0 Å². The van der Waals surface area contributed by atoms with E-state index in [0.717, 1.165) is 70.8 Å². The van der Waals surface area contributed by atoms with Crippen molar-refractivity contribution in [1.29, 1.82) is 0 Å². The molecule has 0 N–H and O–H groups in total. The second kappa shape index (κ2) is 14.1. The molecular formula is C20H35IO3Si. The summed E-state index contributed by atoms with van der Waals surface area (Å²) < 4.78 is 20.2. The van der Waals surface area contributed by atoms with Crippen LogP contribution in [0.5, 0.6) is 0 Å². The Morgan fingerprint density at radius 2 is 1.20 bits per heavy atom. The summed E-state index contributed by atoms with van der Waals surface area (Å²) in [7, 11) is -2.61. The minimum absolute atomic E-state index is 0.744. The van der Waals surface area contributed by atoms with Crippen LogP contribution in [0.1, 0.15) is 64.9 Å². The molecular weight excluding hydrogens is 443 g/mol. The van der Waals surface area contributed by atoms with E-state index in [9.17, 15) is 0 Å². The summed E-state index contributed by atoms with van der Waals surface area (Å²) in [6.45, 7) is 8.80. The van der Waals surface area contributed by atoms with Gasteiger partial charge < -0.3 is 13.3 Å². The lowest BCUT2D eigenvalue weighted by atomic mass is 10.2. The Morgan fingerprint density at radius 3 is 1.60 bits per heavy atom. The summed E-state index contributed by atoms with van der Waals surface area (Å²) >= 11 is 2.34. The largest absolute Gasteiger partial charge is 0.501 e. The molecule has 0 saturated carbocycles. The number of benzene rings is 1. The predicted molar refractivity (Wildman–Crippen MR) is 116 cm³/mol. The molecule has 0 unspecified atom stereocenters. The molecule has 0 aliphatic heterocycles. The molecule has 0 bridgehead atoms. The molecule has 0 heterocycles. The van der Waals surface area contributed by atoms with Crippen molar-refractivity contribution in [3.05, 3.63) is 33.4 Å². The van der Waals surface area contributed by atoms with Gasteiger partial charge in [-0.15, -0.1) is 0 Å². The van der Waals surface area contributed by atoms with Gasteiger partial charge in [0.2, 0.25) is 0 Å². The third-order valence-electron chi connectivity index (χ3n) is 4.09. The standard InChI is InChI=1S/C20H35IO3Si/c1-4-7-15-22-25(23-16-8-5-2,24-17-9-6-3)18-14-19-10-12-20(21)13-11-19/h10-13H,4-9,14-18H2,1-3H3. The maximum Gasteiger partial charge on any atom is 0.501 e. The van der Waals surface area contributed by atoms with Crippen LogP contribution >= 0.6 is 22.6 Å². The van der Waals surface area contributed by atoms with Crippen molar-refractivity contribution in [3.8, 4) is 0 Å². The van der Waals surface area contributed by atoms with E-state index in [4.69, 9.17) is 13.3 Å². The van der Waals surface area contributed by atoms with E-state index in [-0.39, 0.29) is 0 Å². The van der Waals surface area contributed by atoms with E-state index in [2.05, 4.69) is 67.6 Å². The highest BCUT2D eigenvalue weighted by Gasteiger charge is 2.40. The molecule has 3 nitrogen and oxygen atoms in total. The molecule has 1 aromatic rings. The fraction of sp³-hybridized carbons (Fsp3) is 0.700. The van der Waals surface area contributed by atoms with Gasteiger partial charge in [0.15, 0.2) is 0 Å². The first-order chi connectivity index (χ1) is 12.2. The zero-order valence-corrected chi connectivity index (χ0v) is 19.3. The molecule has 0 amide bonds. The quantitative estimate of drug-likeness (QED) is 0.170. The summed E-state index contributed by atoms with van der Waals surface area (Å²) in [5, 5.41) is 0. The van der Waals surface area contributed by atoms with Crippen molar-refractivity contribution >= 4 is 31.4 Å². The van der Waals surface area contributed by atoms with E-state index in [1.165, 1.54) is 9.13 Å². The third-order valence-corrected chi connectivity index (χ3v) is 7.61. The van der Waals surface area contributed by atoms with Crippen LogP contribution in [-0.4, -0.2) is 28.6 Å². The molecule has 144 valence electrons. The van der Waals surface area contributed by atoms with E-state index in [0.29, 0.717) is 0 Å². The highest BCUT2D eigenvalue weighted by Crippen LogP contribution is 2.21. The molecule has 1 rings (SSSR count). The van der Waals surface area contributed by atoms with Crippen molar-refractivity contribution < 1.29 is 13.3 Å². The Morgan fingerprint density at radius 1 is 0.760 bits per heavy atom. The lowest BCUT2D eigenvalue weighted by molar-refractivity contribution is 0.0564. The second-order valence-corrected chi connectivity index (χ2v) is 10.4. The van der Waals surface area contributed by atoms with Crippen molar-refractivity contribution in [2.75, 3.05) is 19.8 Å².